The molecule has 0 saturated heterocycles. The maximum absolute atomic E-state index is 6.62. The fraction of sp³-hybridized carbons (Fsp3) is 0. The molecule has 8 aromatic carbocycles. The van der Waals surface area contributed by atoms with Gasteiger partial charge in [-0.05, 0) is 64.7 Å². The second-order valence-corrected chi connectivity index (χ2v) is 13.7. The highest BCUT2D eigenvalue weighted by molar-refractivity contribution is 6.12. The van der Waals surface area contributed by atoms with Gasteiger partial charge in [-0.3, -0.25) is 0 Å². The number of hydrogen-bond acceptors (Lipinski definition) is 5. The molecule has 0 unspecified atom stereocenters. The second-order valence-electron chi connectivity index (χ2n) is 13.7. The van der Waals surface area contributed by atoms with Crippen LogP contribution in [0.1, 0.15) is 0 Å². The van der Waals surface area contributed by atoms with Gasteiger partial charge in [0.1, 0.15) is 11.2 Å². The van der Waals surface area contributed by atoms with Crippen molar-refractivity contribution in [3.8, 4) is 56.4 Å². The highest BCUT2D eigenvalue weighted by atomic mass is 16.3. The van der Waals surface area contributed by atoms with Crippen LogP contribution in [0.3, 0.4) is 0 Å². The van der Waals surface area contributed by atoms with Gasteiger partial charge in [-0.25, -0.2) is 15.0 Å². The molecule has 0 radical (unpaired) electrons. The quantitative estimate of drug-likeness (QED) is 0.157. The molecule has 2 heterocycles. The zero-order valence-electron chi connectivity index (χ0n) is 30.3. The van der Waals surface area contributed by atoms with E-state index in [4.69, 9.17) is 19.4 Å². The van der Waals surface area contributed by atoms with Crippen LogP contribution in [0.4, 0.5) is 17.1 Å². The van der Waals surface area contributed by atoms with Gasteiger partial charge < -0.3 is 9.32 Å². The molecule has 10 rings (SSSR count). The van der Waals surface area contributed by atoms with Crippen LogP contribution < -0.4 is 4.90 Å². The molecule has 0 spiro atoms. The van der Waals surface area contributed by atoms with E-state index in [1.54, 1.807) is 0 Å². The first-order valence-corrected chi connectivity index (χ1v) is 18.7. The average Bonchev–Trinajstić information content (AvgIpc) is 3.66. The summed E-state index contributed by atoms with van der Waals surface area (Å²) in [6.07, 6.45) is 0. The monoisotopic (exact) mass is 718 g/mol. The first kappa shape index (κ1) is 33.0. The van der Waals surface area contributed by atoms with Crippen molar-refractivity contribution < 1.29 is 4.42 Å². The maximum atomic E-state index is 6.62. The largest absolute Gasteiger partial charge is 0.456 e. The highest BCUT2D eigenvalue weighted by Gasteiger charge is 2.20. The van der Waals surface area contributed by atoms with E-state index in [9.17, 15) is 0 Å². The predicted molar refractivity (Wildman–Crippen MR) is 229 cm³/mol. The molecule has 5 nitrogen and oxygen atoms in total. The van der Waals surface area contributed by atoms with Gasteiger partial charge in [-0.2, -0.15) is 0 Å². The second kappa shape index (κ2) is 14.3. The number of fused-ring (bicyclic) bond motifs is 3. The number of anilines is 3. The molecule has 0 N–H and O–H groups in total. The van der Waals surface area contributed by atoms with Crippen molar-refractivity contribution in [1.82, 2.24) is 15.0 Å². The average molecular weight is 719 g/mol. The van der Waals surface area contributed by atoms with Gasteiger partial charge in [0.2, 0.25) is 0 Å². The van der Waals surface area contributed by atoms with Gasteiger partial charge in [0.15, 0.2) is 17.5 Å². The fourth-order valence-corrected chi connectivity index (χ4v) is 7.38. The number of para-hydroxylation sites is 2. The summed E-state index contributed by atoms with van der Waals surface area (Å²) in [5.74, 6) is 1.78. The van der Waals surface area contributed by atoms with Crippen molar-refractivity contribution in [1.29, 1.82) is 0 Å². The summed E-state index contributed by atoms with van der Waals surface area (Å²) in [5.41, 5.74) is 12.0. The number of nitrogens with zero attached hydrogens (tertiary/aromatic N) is 4. The van der Waals surface area contributed by atoms with Crippen LogP contribution in [0.5, 0.6) is 0 Å². The van der Waals surface area contributed by atoms with E-state index < -0.39 is 0 Å². The van der Waals surface area contributed by atoms with E-state index in [0.29, 0.717) is 17.5 Å². The van der Waals surface area contributed by atoms with Crippen molar-refractivity contribution in [2.45, 2.75) is 0 Å². The Morgan fingerprint density at radius 2 is 0.768 bits per heavy atom. The number of aromatic nitrogens is 3. The van der Waals surface area contributed by atoms with Gasteiger partial charge >= 0.3 is 0 Å². The lowest BCUT2D eigenvalue weighted by atomic mass is 10.0. The van der Waals surface area contributed by atoms with Crippen molar-refractivity contribution >= 4 is 39.0 Å². The molecule has 0 bridgehead atoms. The SMILES string of the molecule is c1ccc(-c2ccc(-c3nc(-c4ccc(-c5ccccc5)cc4)nc(-c4cccc5oc6cc(N(c7ccccc7)c7ccccc7)ccc6c45)n3)cc2)cc1. The van der Waals surface area contributed by atoms with Crippen molar-refractivity contribution in [3.63, 3.8) is 0 Å². The number of furan rings is 1. The van der Waals surface area contributed by atoms with E-state index in [0.717, 1.165) is 77.9 Å². The summed E-state index contributed by atoms with van der Waals surface area (Å²) < 4.78 is 6.62. The zero-order chi connectivity index (χ0) is 37.3. The minimum absolute atomic E-state index is 0.580. The smallest absolute Gasteiger partial charge is 0.164 e. The number of benzene rings is 8. The van der Waals surface area contributed by atoms with E-state index in [2.05, 4.69) is 175 Å². The third-order valence-corrected chi connectivity index (χ3v) is 10.1. The van der Waals surface area contributed by atoms with Crippen LogP contribution in [0.25, 0.3) is 78.4 Å². The Morgan fingerprint density at radius 3 is 1.29 bits per heavy atom. The Bertz CT molecular complexity index is 2790. The summed E-state index contributed by atoms with van der Waals surface area (Å²) in [6, 6.07) is 70.9. The molecule has 0 fully saturated rings. The lowest BCUT2D eigenvalue weighted by Gasteiger charge is -2.25. The summed E-state index contributed by atoms with van der Waals surface area (Å²) in [4.78, 5) is 17.6. The topological polar surface area (TPSA) is 55.1 Å². The minimum atomic E-state index is 0.580. The number of rotatable bonds is 8. The van der Waals surface area contributed by atoms with Gasteiger partial charge in [-0.1, -0.05) is 158 Å². The molecule has 56 heavy (non-hydrogen) atoms. The molecule has 0 aliphatic rings. The van der Waals surface area contributed by atoms with E-state index in [-0.39, 0.29) is 0 Å². The molecular weight excluding hydrogens is 685 g/mol. The van der Waals surface area contributed by atoms with E-state index >= 15 is 0 Å². The van der Waals surface area contributed by atoms with Crippen LogP contribution in [0.15, 0.2) is 211 Å². The molecule has 264 valence electrons. The fourth-order valence-electron chi connectivity index (χ4n) is 7.38. The van der Waals surface area contributed by atoms with Crippen LogP contribution in [-0.4, -0.2) is 15.0 Å². The van der Waals surface area contributed by atoms with Crippen LogP contribution in [0.2, 0.25) is 0 Å². The lowest BCUT2D eigenvalue weighted by molar-refractivity contribution is 0.669. The summed E-state index contributed by atoms with van der Waals surface area (Å²) in [6.45, 7) is 0. The minimum Gasteiger partial charge on any atom is -0.456 e. The Balaban J connectivity index is 1.11. The van der Waals surface area contributed by atoms with Gasteiger partial charge in [-0.15, -0.1) is 0 Å². The standard InChI is InChI=1S/C51H34N4O/c1-5-14-35(15-6-1)37-24-28-39(29-25-37)49-52-50(40-30-26-38(27-31-40)36-16-7-2-8-17-36)54-51(53-49)45-22-13-23-46-48(45)44-33-32-43(34-47(44)56-46)55(41-18-9-3-10-19-41)42-20-11-4-12-21-42/h1-34H. The van der Waals surface area contributed by atoms with Crippen LogP contribution in [0, 0.1) is 0 Å². The molecule has 5 heteroatoms. The van der Waals surface area contributed by atoms with Crippen molar-refractivity contribution in [2.24, 2.45) is 0 Å². The van der Waals surface area contributed by atoms with Gasteiger partial charge in [0.05, 0.1) is 0 Å². The van der Waals surface area contributed by atoms with E-state index in [1.165, 1.54) is 0 Å². The molecule has 2 aromatic heterocycles. The third-order valence-electron chi connectivity index (χ3n) is 10.1. The highest BCUT2D eigenvalue weighted by Crippen LogP contribution is 2.41. The molecule has 0 atom stereocenters. The summed E-state index contributed by atoms with van der Waals surface area (Å²) in [7, 11) is 0. The zero-order valence-corrected chi connectivity index (χ0v) is 30.3. The van der Waals surface area contributed by atoms with Gasteiger partial charge in [0, 0.05) is 50.6 Å². The Morgan fingerprint density at radius 1 is 0.321 bits per heavy atom. The molecule has 0 aliphatic heterocycles. The molecule has 0 saturated carbocycles. The van der Waals surface area contributed by atoms with Crippen LogP contribution in [-0.2, 0) is 0 Å². The Kier molecular flexibility index (Phi) is 8.43. The molecule has 0 amide bonds. The first-order chi connectivity index (χ1) is 27.7. The number of hydrogen-bond donors (Lipinski definition) is 0. The molecular formula is C51H34N4O. The van der Waals surface area contributed by atoms with E-state index in [1.807, 2.05) is 36.4 Å². The van der Waals surface area contributed by atoms with Crippen molar-refractivity contribution in [2.75, 3.05) is 4.90 Å². The van der Waals surface area contributed by atoms with Crippen LogP contribution >= 0.6 is 0 Å². The first-order valence-electron chi connectivity index (χ1n) is 18.7. The predicted octanol–water partition coefficient (Wildman–Crippen LogP) is 13.6. The summed E-state index contributed by atoms with van der Waals surface area (Å²) in [5, 5.41) is 1.95. The molecule has 0 aliphatic carbocycles. The lowest BCUT2D eigenvalue weighted by Crippen LogP contribution is -2.09. The summed E-state index contributed by atoms with van der Waals surface area (Å²) >= 11 is 0. The Labute approximate surface area is 324 Å². The third kappa shape index (κ3) is 6.27. The normalized spacial score (nSPS) is 11.2. The Hall–Kier alpha value is -7.63. The maximum Gasteiger partial charge on any atom is 0.164 e. The van der Waals surface area contributed by atoms with Gasteiger partial charge in [0.25, 0.3) is 0 Å². The molecule has 10 aromatic rings. The van der Waals surface area contributed by atoms with Crippen molar-refractivity contribution in [3.05, 3.63) is 206 Å².